The molecule has 0 saturated heterocycles. The van der Waals surface area contributed by atoms with Gasteiger partial charge in [0.05, 0.1) is 0 Å². The minimum atomic E-state index is -0.0342. The Morgan fingerprint density at radius 2 is 1.94 bits per heavy atom. The van der Waals surface area contributed by atoms with Crippen molar-refractivity contribution in [2.45, 2.75) is 25.7 Å². The van der Waals surface area contributed by atoms with Gasteiger partial charge in [-0.3, -0.25) is 4.79 Å². The summed E-state index contributed by atoms with van der Waals surface area (Å²) in [6.07, 6.45) is 0.480. The Labute approximate surface area is 103 Å². The fourth-order valence-electron chi connectivity index (χ4n) is 1.50. The summed E-state index contributed by atoms with van der Waals surface area (Å²) in [6.45, 7) is 4.91. The van der Waals surface area contributed by atoms with Gasteiger partial charge in [0.1, 0.15) is 0 Å². The number of carbonyl (C=O) groups is 1. The second-order valence-corrected chi connectivity index (χ2v) is 4.95. The zero-order chi connectivity index (χ0) is 12.0. The van der Waals surface area contributed by atoms with Crippen LogP contribution in [0.25, 0.3) is 0 Å². The van der Waals surface area contributed by atoms with Crippen LogP contribution in [-0.2, 0) is 10.2 Å². The molecule has 1 aromatic rings. The smallest absolute Gasteiger partial charge is 0.220 e. The van der Waals surface area contributed by atoms with Gasteiger partial charge in [-0.25, -0.2) is 0 Å². The Kier molecular flexibility index (Phi) is 4.87. The van der Waals surface area contributed by atoms with E-state index >= 15 is 0 Å². The molecule has 1 N–H and O–H groups in total. The fraction of sp³-hybridized carbons (Fsp3) is 0.462. The molecule has 0 saturated carbocycles. The number of amides is 1. The van der Waals surface area contributed by atoms with Crippen LogP contribution in [0.15, 0.2) is 30.3 Å². The van der Waals surface area contributed by atoms with Crippen molar-refractivity contribution in [3.8, 4) is 0 Å². The molecule has 0 aliphatic carbocycles. The highest BCUT2D eigenvalue weighted by Gasteiger charge is 2.20. The van der Waals surface area contributed by atoms with Crippen LogP contribution in [0.3, 0.4) is 0 Å². The molecule has 0 unspecified atom stereocenters. The highest BCUT2D eigenvalue weighted by Crippen LogP contribution is 2.21. The fourth-order valence-corrected chi connectivity index (χ4v) is 1.70. The number of carbonyl (C=O) groups excluding carboxylic acids is 1. The molecule has 0 aliphatic rings. The Balaban J connectivity index is 2.55. The van der Waals surface area contributed by atoms with E-state index in [1.165, 1.54) is 5.56 Å². The molecule has 0 fully saturated rings. The van der Waals surface area contributed by atoms with E-state index in [9.17, 15) is 4.79 Å². The van der Waals surface area contributed by atoms with Gasteiger partial charge in [-0.1, -0.05) is 44.2 Å². The summed E-state index contributed by atoms with van der Waals surface area (Å²) in [5.41, 5.74) is 1.20. The van der Waals surface area contributed by atoms with Crippen molar-refractivity contribution in [1.82, 2.24) is 5.32 Å². The zero-order valence-electron chi connectivity index (χ0n) is 9.86. The van der Waals surface area contributed by atoms with Gasteiger partial charge in [0.2, 0.25) is 5.91 Å². The van der Waals surface area contributed by atoms with Gasteiger partial charge >= 0.3 is 0 Å². The molecule has 0 aromatic heterocycles. The number of rotatable bonds is 5. The lowest BCUT2D eigenvalue weighted by molar-refractivity contribution is -0.120. The van der Waals surface area contributed by atoms with E-state index < -0.39 is 0 Å². The molecule has 1 aromatic carbocycles. The van der Waals surface area contributed by atoms with Crippen LogP contribution in [0, 0.1) is 0 Å². The molecule has 0 heterocycles. The average Bonchev–Trinajstić information content (AvgIpc) is 2.28. The summed E-state index contributed by atoms with van der Waals surface area (Å²) in [4.78, 5) is 11.4. The Morgan fingerprint density at radius 3 is 2.50 bits per heavy atom. The largest absolute Gasteiger partial charge is 0.355 e. The summed E-state index contributed by atoms with van der Waals surface area (Å²) < 4.78 is 0. The van der Waals surface area contributed by atoms with Crippen LogP contribution >= 0.6 is 12.6 Å². The molecule has 0 bridgehead atoms. The minimum Gasteiger partial charge on any atom is -0.355 e. The van der Waals surface area contributed by atoms with Gasteiger partial charge in [0, 0.05) is 18.4 Å². The first-order valence-corrected chi connectivity index (χ1v) is 6.12. The minimum absolute atomic E-state index is 0.0342. The van der Waals surface area contributed by atoms with Crippen LogP contribution in [0.4, 0.5) is 0 Å². The van der Waals surface area contributed by atoms with E-state index in [0.717, 1.165) is 0 Å². The second-order valence-electron chi connectivity index (χ2n) is 4.50. The third-order valence-corrected chi connectivity index (χ3v) is 2.85. The number of hydrogen-bond donors (Lipinski definition) is 2. The topological polar surface area (TPSA) is 29.1 Å². The number of benzene rings is 1. The average molecular weight is 237 g/mol. The van der Waals surface area contributed by atoms with Crippen LogP contribution in [-0.4, -0.2) is 18.2 Å². The molecular formula is C13H19NOS. The van der Waals surface area contributed by atoms with Crippen LogP contribution in [0.2, 0.25) is 0 Å². The Hall–Kier alpha value is -0.960. The van der Waals surface area contributed by atoms with Gasteiger partial charge in [-0.2, -0.15) is 12.6 Å². The van der Waals surface area contributed by atoms with E-state index in [4.69, 9.17) is 0 Å². The van der Waals surface area contributed by atoms with Crippen LogP contribution in [0.1, 0.15) is 25.8 Å². The van der Waals surface area contributed by atoms with Crippen molar-refractivity contribution in [2.24, 2.45) is 0 Å². The molecule has 1 amide bonds. The summed E-state index contributed by atoms with van der Waals surface area (Å²) >= 11 is 4.03. The maximum atomic E-state index is 11.4. The predicted octanol–water partition coefficient (Wildman–Crippen LogP) is 2.40. The van der Waals surface area contributed by atoms with Gasteiger partial charge in [0.25, 0.3) is 0 Å². The maximum Gasteiger partial charge on any atom is 0.220 e. The molecule has 3 heteroatoms. The number of thiol groups is 1. The predicted molar refractivity (Wildman–Crippen MR) is 70.9 cm³/mol. The molecular weight excluding hydrogens is 218 g/mol. The zero-order valence-corrected chi connectivity index (χ0v) is 10.8. The van der Waals surface area contributed by atoms with E-state index in [2.05, 4.69) is 43.9 Å². The van der Waals surface area contributed by atoms with Crippen molar-refractivity contribution in [1.29, 1.82) is 0 Å². The first-order chi connectivity index (χ1) is 7.56. The van der Waals surface area contributed by atoms with Crippen molar-refractivity contribution >= 4 is 18.5 Å². The third-order valence-electron chi connectivity index (χ3n) is 2.62. The molecule has 0 atom stereocenters. The van der Waals surface area contributed by atoms with Crippen LogP contribution in [0.5, 0.6) is 0 Å². The van der Waals surface area contributed by atoms with E-state index in [1.807, 2.05) is 18.2 Å². The van der Waals surface area contributed by atoms with Crippen LogP contribution < -0.4 is 5.32 Å². The van der Waals surface area contributed by atoms with Crippen molar-refractivity contribution < 1.29 is 4.79 Å². The summed E-state index contributed by atoms with van der Waals surface area (Å²) in [7, 11) is 0. The third kappa shape index (κ3) is 3.89. The van der Waals surface area contributed by atoms with E-state index in [0.29, 0.717) is 18.7 Å². The van der Waals surface area contributed by atoms with Gasteiger partial charge in [-0.15, -0.1) is 0 Å². The molecule has 88 valence electrons. The van der Waals surface area contributed by atoms with Gasteiger partial charge in [0.15, 0.2) is 0 Å². The lowest BCUT2D eigenvalue weighted by Gasteiger charge is -2.25. The molecule has 0 aliphatic heterocycles. The van der Waals surface area contributed by atoms with Gasteiger partial charge in [-0.05, 0) is 11.3 Å². The maximum absolute atomic E-state index is 11.4. The number of hydrogen-bond acceptors (Lipinski definition) is 2. The first-order valence-electron chi connectivity index (χ1n) is 5.49. The monoisotopic (exact) mass is 237 g/mol. The van der Waals surface area contributed by atoms with Crippen molar-refractivity contribution in [3.05, 3.63) is 35.9 Å². The lowest BCUT2D eigenvalue weighted by atomic mass is 9.84. The normalized spacial score (nSPS) is 11.2. The first kappa shape index (κ1) is 13.1. The van der Waals surface area contributed by atoms with Crippen molar-refractivity contribution in [3.63, 3.8) is 0 Å². The summed E-state index contributed by atoms with van der Waals surface area (Å²) in [5, 5.41) is 2.93. The lowest BCUT2D eigenvalue weighted by Crippen LogP contribution is -2.36. The Bertz CT molecular complexity index is 335. The van der Waals surface area contributed by atoms with Gasteiger partial charge < -0.3 is 5.32 Å². The summed E-state index contributed by atoms with van der Waals surface area (Å²) in [6, 6.07) is 10.2. The number of nitrogens with one attached hydrogen (secondary N) is 1. The molecule has 0 spiro atoms. The molecule has 1 rings (SSSR count). The highest BCUT2D eigenvalue weighted by atomic mass is 32.1. The Morgan fingerprint density at radius 1 is 1.31 bits per heavy atom. The second kappa shape index (κ2) is 5.94. The highest BCUT2D eigenvalue weighted by molar-refractivity contribution is 7.80. The van der Waals surface area contributed by atoms with E-state index in [1.54, 1.807) is 0 Å². The standard InChI is InChI=1S/C13H19NOS/c1-13(2,10-14-12(15)8-9-16)11-6-4-3-5-7-11/h3-7,16H,8-10H2,1-2H3,(H,14,15). The SMILES string of the molecule is CC(C)(CNC(=O)CCS)c1ccccc1. The summed E-state index contributed by atoms with van der Waals surface area (Å²) in [5.74, 6) is 0.663. The molecule has 16 heavy (non-hydrogen) atoms. The van der Waals surface area contributed by atoms with E-state index in [-0.39, 0.29) is 11.3 Å². The molecule has 2 nitrogen and oxygen atoms in total. The van der Waals surface area contributed by atoms with Crippen molar-refractivity contribution in [2.75, 3.05) is 12.3 Å². The molecule has 0 radical (unpaired) electrons. The quantitative estimate of drug-likeness (QED) is 0.757.